The van der Waals surface area contributed by atoms with Crippen molar-refractivity contribution >= 4 is 5.78 Å². The highest BCUT2D eigenvalue weighted by atomic mass is 16.1. The van der Waals surface area contributed by atoms with Gasteiger partial charge in [0.25, 0.3) is 0 Å². The van der Waals surface area contributed by atoms with Crippen LogP contribution in [-0.2, 0) is 4.79 Å². The van der Waals surface area contributed by atoms with Crippen LogP contribution >= 0.6 is 0 Å². The predicted octanol–water partition coefficient (Wildman–Crippen LogP) is 2.89. The SMILES string of the molecule is CC(C)[C@@]12C[C@@H]1C(C)(C)C(=O)[C@@H]2C. The number of ketones is 1. The molecule has 74 valence electrons. The van der Waals surface area contributed by atoms with Crippen LogP contribution in [0.5, 0.6) is 0 Å². The zero-order valence-corrected chi connectivity index (χ0v) is 9.35. The molecule has 0 aromatic rings. The summed E-state index contributed by atoms with van der Waals surface area (Å²) in [6, 6.07) is 0. The molecule has 1 nitrogen and oxygen atoms in total. The lowest BCUT2D eigenvalue weighted by atomic mass is 9.81. The van der Waals surface area contributed by atoms with Gasteiger partial charge in [-0.25, -0.2) is 0 Å². The minimum Gasteiger partial charge on any atom is -0.299 e. The zero-order chi connectivity index (χ0) is 10.0. The summed E-state index contributed by atoms with van der Waals surface area (Å²) < 4.78 is 0. The Morgan fingerprint density at radius 2 is 1.92 bits per heavy atom. The molecule has 0 N–H and O–H groups in total. The first-order chi connectivity index (χ1) is 5.85. The average Bonchev–Trinajstić information content (AvgIpc) is 2.73. The lowest BCUT2D eigenvalue weighted by Crippen LogP contribution is -2.27. The fraction of sp³-hybridized carbons (Fsp3) is 0.917. The number of hydrogen-bond acceptors (Lipinski definition) is 1. The summed E-state index contributed by atoms with van der Waals surface area (Å²) in [5.74, 6) is 2.13. The Morgan fingerprint density at radius 1 is 1.38 bits per heavy atom. The van der Waals surface area contributed by atoms with Crippen LogP contribution < -0.4 is 0 Å². The molecule has 0 aromatic carbocycles. The van der Waals surface area contributed by atoms with Gasteiger partial charge in [0, 0.05) is 11.3 Å². The third-order valence-electron chi connectivity index (χ3n) is 4.83. The smallest absolute Gasteiger partial charge is 0.142 e. The van der Waals surface area contributed by atoms with E-state index in [9.17, 15) is 4.79 Å². The average molecular weight is 180 g/mol. The first-order valence-corrected chi connectivity index (χ1v) is 5.39. The highest BCUT2D eigenvalue weighted by Crippen LogP contribution is 2.74. The zero-order valence-electron chi connectivity index (χ0n) is 9.35. The molecule has 0 amide bonds. The van der Waals surface area contributed by atoms with E-state index >= 15 is 0 Å². The summed E-state index contributed by atoms with van der Waals surface area (Å²) in [6.07, 6.45) is 1.28. The summed E-state index contributed by atoms with van der Waals surface area (Å²) in [5, 5.41) is 0. The van der Waals surface area contributed by atoms with Gasteiger partial charge in [-0.05, 0) is 23.7 Å². The maximum atomic E-state index is 12.0. The van der Waals surface area contributed by atoms with Crippen molar-refractivity contribution in [3.05, 3.63) is 0 Å². The van der Waals surface area contributed by atoms with Gasteiger partial charge in [0.1, 0.15) is 5.78 Å². The van der Waals surface area contributed by atoms with Crippen molar-refractivity contribution < 1.29 is 4.79 Å². The molecule has 0 unspecified atom stereocenters. The second-order valence-corrected chi connectivity index (χ2v) is 5.83. The van der Waals surface area contributed by atoms with Crippen molar-refractivity contribution in [2.45, 2.75) is 41.0 Å². The second kappa shape index (κ2) is 2.18. The maximum absolute atomic E-state index is 12.0. The highest BCUT2D eigenvalue weighted by molar-refractivity contribution is 5.91. The van der Waals surface area contributed by atoms with Crippen LogP contribution in [0.15, 0.2) is 0 Å². The molecular formula is C12H20O. The summed E-state index contributed by atoms with van der Waals surface area (Å²) in [7, 11) is 0. The Balaban J connectivity index is 2.38. The minimum absolute atomic E-state index is 0.0380. The van der Waals surface area contributed by atoms with Crippen molar-refractivity contribution in [2.75, 3.05) is 0 Å². The van der Waals surface area contributed by atoms with E-state index in [2.05, 4.69) is 34.6 Å². The molecule has 1 heteroatoms. The van der Waals surface area contributed by atoms with Crippen LogP contribution in [0, 0.1) is 28.6 Å². The first-order valence-electron chi connectivity index (χ1n) is 5.39. The van der Waals surface area contributed by atoms with Crippen LogP contribution in [0.25, 0.3) is 0 Å². The molecule has 2 fully saturated rings. The quantitative estimate of drug-likeness (QED) is 0.606. The number of Topliss-reactive ketones (excluding diaryl/α,β-unsaturated/α-hetero) is 1. The van der Waals surface area contributed by atoms with Crippen LogP contribution in [0.4, 0.5) is 0 Å². The molecule has 0 bridgehead atoms. The van der Waals surface area contributed by atoms with Gasteiger partial charge in [-0.2, -0.15) is 0 Å². The largest absolute Gasteiger partial charge is 0.299 e. The third kappa shape index (κ3) is 0.812. The van der Waals surface area contributed by atoms with E-state index in [1.54, 1.807) is 0 Å². The maximum Gasteiger partial charge on any atom is 0.142 e. The van der Waals surface area contributed by atoms with Crippen molar-refractivity contribution in [3.8, 4) is 0 Å². The fourth-order valence-electron chi connectivity index (χ4n) is 3.81. The molecule has 0 aliphatic heterocycles. The molecule has 2 aliphatic carbocycles. The Kier molecular flexibility index (Phi) is 1.55. The van der Waals surface area contributed by atoms with E-state index in [1.807, 2.05) is 0 Å². The number of rotatable bonds is 1. The summed E-state index contributed by atoms with van der Waals surface area (Å²) in [4.78, 5) is 12.0. The molecule has 2 saturated carbocycles. The third-order valence-corrected chi connectivity index (χ3v) is 4.83. The minimum atomic E-state index is -0.0380. The van der Waals surface area contributed by atoms with Gasteiger partial charge in [0.2, 0.25) is 0 Å². The molecule has 0 saturated heterocycles. The van der Waals surface area contributed by atoms with Crippen molar-refractivity contribution in [1.29, 1.82) is 0 Å². The van der Waals surface area contributed by atoms with Gasteiger partial charge in [0.05, 0.1) is 0 Å². The molecule has 2 aliphatic rings. The summed E-state index contributed by atoms with van der Waals surface area (Å²) in [5.41, 5.74) is 0.338. The lowest BCUT2D eigenvalue weighted by molar-refractivity contribution is -0.129. The van der Waals surface area contributed by atoms with E-state index < -0.39 is 0 Å². The van der Waals surface area contributed by atoms with Crippen LogP contribution in [0.1, 0.15) is 41.0 Å². The number of hydrogen-bond donors (Lipinski definition) is 0. The molecule has 0 heterocycles. The Morgan fingerprint density at radius 3 is 2.15 bits per heavy atom. The summed E-state index contributed by atoms with van der Waals surface area (Å²) >= 11 is 0. The fourth-order valence-corrected chi connectivity index (χ4v) is 3.81. The Labute approximate surface area is 80.9 Å². The molecule has 0 radical (unpaired) electrons. The van der Waals surface area contributed by atoms with Gasteiger partial charge < -0.3 is 0 Å². The van der Waals surface area contributed by atoms with Gasteiger partial charge in [-0.1, -0.05) is 34.6 Å². The topological polar surface area (TPSA) is 17.1 Å². The summed E-state index contributed by atoms with van der Waals surface area (Å²) in [6.45, 7) is 10.9. The molecule has 2 rings (SSSR count). The van der Waals surface area contributed by atoms with E-state index in [0.29, 0.717) is 29.0 Å². The number of carbonyl (C=O) groups excluding carboxylic acids is 1. The molecular weight excluding hydrogens is 160 g/mol. The van der Waals surface area contributed by atoms with Crippen molar-refractivity contribution in [3.63, 3.8) is 0 Å². The van der Waals surface area contributed by atoms with E-state index in [-0.39, 0.29) is 5.41 Å². The van der Waals surface area contributed by atoms with Crippen molar-refractivity contribution in [1.82, 2.24) is 0 Å². The number of fused-ring (bicyclic) bond motifs is 1. The lowest BCUT2D eigenvalue weighted by Gasteiger charge is -2.22. The van der Waals surface area contributed by atoms with Gasteiger partial charge in [-0.15, -0.1) is 0 Å². The monoisotopic (exact) mass is 180 g/mol. The highest BCUT2D eigenvalue weighted by Gasteiger charge is 2.73. The van der Waals surface area contributed by atoms with E-state index in [1.165, 1.54) is 6.42 Å². The molecule has 0 aromatic heterocycles. The van der Waals surface area contributed by atoms with Gasteiger partial charge in [0.15, 0.2) is 0 Å². The Hall–Kier alpha value is -0.330. The van der Waals surface area contributed by atoms with Crippen LogP contribution in [0.3, 0.4) is 0 Å². The van der Waals surface area contributed by atoms with Crippen LogP contribution in [0.2, 0.25) is 0 Å². The first kappa shape index (κ1) is 9.23. The Bertz CT molecular complexity index is 264. The van der Waals surface area contributed by atoms with Gasteiger partial charge >= 0.3 is 0 Å². The molecule has 3 atom stereocenters. The van der Waals surface area contributed by atoms with Crippen molar-refractivity contribution in [2.24, 2.45) is 28.6 Å². The predicted molar refractivity (Wildman–Crippen MR) is 53.3 cm³/mol. The standard InChI is InChI=1S/C12H20O/c1-7(2)12-6-9(12)11(4,5)10(13)8(12)3/h7-9H,6H2,1-5H3/t8-,9+,12+/m0/s1. The number of carbonyl (C=O) groups is 1. The second-order valence-electron chi connectivity index (χ2n) is 5.83. The van der Waals surface area contributed by atoms with E-state index in [0.717, 1.165) is 0 Å². The molecule has 0 spiro atoms. The van der Waals surface area contributed by atoms with Gasteiger partial charge in [-0.3, -0.25) is 4.79 Å². The van der Waals surface area contributed by atoms with E-state index in [4.69, 9.17) is 0 Å². The van der Waals surface area contributed by atoms with Crippen LogP contribution in [-0.4, -0.2) is 5.78 Å². The normalized spacial score (nSPS) is 46.8. The molecule has 13 heavy (non-hydrogen) atoms.